The Labute approximate surface area is 141 Å². The van der Waals surface area contributed by atoms with Crippen LogP contribution in [0.4, 0.5) is 0 Å². The second-order valence-electron chi connectivity index (χ2n) is 5.35. The average molecular weight is 358 g/mol. The van der Waals surface area contributed by atoms with Crippen molar-refractivity contribution in [3.8, 4) is 5.75 Å². The maximum Gasteiger partial charge on any atom is 0.324 e. The number of carbonyl (C=O) groups is 2. The van der Waals surface area contributed by atoms with Crippen molar-refractivity contribution in [2.45, 2.75) is 37.8 Å². The Bertz CT molecular complexity index is 670. The van der Waals surface area contributed by atoms with E-state index in [0.717, 1.165) is 0 Å². The molecule has 0 bridgehead atoms. The Morgan fingerprint density at radius 2 is 1.71 bits per heavy atom. The molecular formula is C15H22N2O6S. The molecule has 24 heavy (non-hydrogen) atoms. The summed E-state index contributed by atoms with van der Waals surface area (Å²) >= 11 is 0. The normalized spacial score (nSPS) is 12.5. The number of hydrogen-bond donors (Lipinski definition) is 2. The number of benzene rings is 1. The Kier molecular flexibility index (Phi) is 7.18. The van der Waals surface area contributed by atoms with Crippen LogP contribution in [0.15, 0.2) is 29.2 Å². The third kappa shape index (κ3) is 6.17. The summed E-state index contributed by atoms with van der Waals surface area (Å²) in [6.45, 7) is 4.41. The van der Waals surface area contributed by atoms with E-state index in [4.69, 9.17) is 9.47 Å². The predicted octanol–water partition coefficient (Wildman–Crippen LogP) is 0.430. The monoisotopic (exact) mass is 358 g/mol. The quantitative estimate of drug-likeness (QED) is 0.652. The molecule has 0 aliphatic carbocycles. The summed E-state index contributed by atoms with van der Waals surface area (Å²) in [6.07, 6.45) is 0. The molecule has 0 heterocycles. The average Bonchev–Trinajstić information content (AvgIpc) is 2.51. The molecule has 9 heteroatoms. The fourth-order valence-electron chi connectivity index (χ4n) is 1.73. The second-order valence-corrected chi connectivity index (χ2v) is 7.06. The molecule has 0 unspecified atom stereocenters. The Balaban J connectivity index is 2.62. The van der Waals surface area contributed by atoms with Crippen molar-refractivity contribution in [3.63, 3.8) is 0 Å². The van der Waals surface area contributed by atoms with E-state index in [1.165, 1.54) is 38.3 Å². The van der Waals surface area contributed by atoms with Gasteiger partial charge in [-0.05, 0) is 45.0 Å². The summed E-state index contributed by atoms with van der Waals surface area (Å²) in [5.41, 5.74) is 0. The molecule has 2 N–H and O–H groups in total. The van der Waals surface area contributed by atoms with Crippen LogP contribution >= 0.6 is 0 Å². The van der Waals surface area contributed by atoms with E-state index in [1.807, 2.05) is 0 Å². The van der Waals surface area contributed by atoms with E-state index in [2.05, 4.69) is 10.0 Å². The van der Waals surface area contributed by atoms with Crippen molar-refractivity contribution in [3.05, 3.63) is 24.3 Å². The van der Waals surface area contributed by atoms with Crippen molar-refractivity contribution >= 4 is 21.9 Å². The van der Waals surface area contributed by atoms with E-state index >= 15 is 0 Å². The highest BCUT2D eigenvalue weighted by Gasteiger charge is 2.23. The number of carbonyl (C=O) groups excluding carboxylic acids is 2. The van der Waals surface area contributed by atoms with Crippen LogP contribution in [0.5, 0.6) is 5.75 Å². The number of sulfonamides is 1. The van der Waals surface area contributed by atoms with Gasteiger partial charge in [-0.25, -0.2) is 8.42 Å². The molecule has 8 nitrogen and oxygen atoms in total. The van der Waals surface area contributed by atoms with Crippen LogP contribution < -0.4 is 14.8 Å². The molecule has 0 fully saturated rings. The van der Waals surface area contributed by atoms with Crippen molar-refractivity contribution in [2.75, 3.05) is 13.7 Å². The topological polar surface area (TPSA) is 111 Å². The number of esters is 1. The van der Waals surface area contributed by atoms with E-state index in [9.17, 15) is 18.0 Å². The summed E-state index contributed by atoms with van der Waals surface area (Å²) in [6, 6.07) is 4.48. The lowest BCUT2D eigenvalue weighted by Crippen LogP contribution is -2.41. The zero-order valence-corrected chi connectivity index (χ0v) is 14.8. The van der Waals surface area contributed by atoms with Gasteiger partial charge in [-0.15, -0.1) is 0 Å². The molecule has 1 aromatic carbocycles. The molecule has 1 aromatic rings. The fraction of sp³-hybridized carbons (Fsp3) is 0.467. The first-order valence-electron chi connectivity index (χ1n) is 7.28. The highest BCUT2D eigenvalue weighted by Crippen LogP contribution is 2.15. The number of nitrogens with one attached hydrogen (secondary N) is 2. The molecular weight excluding hydrogens is 336 g/mol. The van der Waals surface area contributed by atoms with E-state index in [1.54, 1.807) is 13.8 Å². The molecule has 134 valence electrons. The third-order valence-corrected chi connectivity index (χ3v) is 4.41. The van der Waals surface area contributed by atoms with Crippen molar-refractivity contribution in [2.24, 2.45) is 0 Å². The largest absolute Gasteiger partial charge is 0.497 e. The zero-order valence-electron chi connectivity index (χ0n) is 14.0. The second kappa shape index (κ2) is 8.65. The standard InChI is InChI=1S/C15H22N2O6S/c1-10(2)16-14(18)9-23-15(19)11(3)17-24(20,21)13-7-5-12(22-4)6-8-13/h5-8,10-11,17H,9H2,1-4H3,(H,16,18)/t11-/m0/s1. The lowest BCUT2D eigenvalue weighted by molar-refractivity contribution is -0.149. The number of methoxy groups -OCH3 is 1. The van der Waals surface area contributed by atoms with Gasteiger partial charge in [-0.1, -0.05) is 0 Å². The maximum absolute atomic E-state index is 12.2. The first kappa shape index (κ1) is 19.9. The minimum absolute atomic E-state index is 0.0134. The van der Waals surface area contributed by atoms with Crippen molar-refractivity contribution < 1.29 is 27.5 Å². The molecule has 0 radical (unpaired) electrons. The van der Waals surface area contributed by atoms with Gasteiger partial charge in [0.1, 0.15) is 11.8 Å². The molecule has 0 aliphatic rings. The van der Waals surface area contributed by atoms with Gasteiger partial charge in [-0.2, -0.15) is 4.72 Å². The van der Waals surface area contributed by atoms with Crippen molar-refractivity contribution in [1.29, 1.82) is 0 Å². The molecule has 0 saturated heterocycles. The molecule has 0 saturated carbocycles. The first-order valence-corrected chi connectivity index (χ1v) is 8.76. The van der Waals surface area contributed by atoms with Gasteiger partial charge < -0.3 is 14.8 Å². The lowest BCUT2D eigenvalue weighted by Gasteiger charge is -2.14. The van der Waals surface area contributed by atoms with Crippen LogP contribution in [0, 0.1) is 0 Å². The lowest BCUT2D eigenvalue weighted by atomic mass is 10.3. The van der Waals surface area contributed by atoms with Gasteiger partial charge in [0.25, 0.3) is 5.91 Å². The minimum atomic E-state index is -3.89. The first-order chi connectivity index (χ1) is 11.2. The third-order valence-electron chi connectivity index (χ3n) is 2.85. The summed E-state index contributed by atoms with van der Waals surface area (Å²) in [5, 5.41) is 2.56. The van der Waals surface area contributed by atoms with Gasteiger partial charge in [0.2, 0.25) is 10.0 Å². The van der Waals surface area contributed by atoms with Crippen LogP contribution in [0.25, 0.3) is 0 Å². The molecule has 0 aliphatic heterocycles. The smallest absolute Gasteiger partial charge is 0.324 e. The predicted molar refractivity (Wildman–Crippen MR) is 87.0 cm³/mol. The van der Waals surface area contributed by atoms with Gasteiger partial charge in [-0.3, -0.25) is 9.59 Å². The Morgan fingerprint density at radius 1 is 1.12 bits per heavy atom. The maximum atomic E-state index is 12.2. The summed E-state index contributed by atoms with van der Waals surface area (Å²) in [4.78, 5) is 23.2. The van der Waals surface area contributed by atoms with Crippen LogP contribution in [0.3, 0.4) is 0 Å². The van der Waals surface area contributed by atoms with Gasteiger partial charge in [0, 0.05) is 6.04 Å². The van der Waals surface area contributed by atoms with Gasteiger partial charge in [0.15, 0.2) is 6.61 Å². The number of ether oxygens (including phenoxy) is 2. The molecule has 1 amide bonds. The van der Waals surface area contributed by atoms with Crippen molar-refractivity contribution in [1.82, 2.24) is 10.0 Å². The van der Waals surface area contributed by atoms with Crippen LogP contribution in [-0.4, -0.2) is 46.1 Å². The van der Waals surface area contributed by atoms with Gasteiger partial charge in [0.05, 0.1) is 12.0 Å². The fourth-order valence-corrected chi connectivity index (χ4v) is 2.92. The summed E-state index contributed by atoms with van der Waals surface area (Å²) in [5.74, 6) is -0.785. The molecule has 0 aromatic heterocycles. The summed E-state index contributed by atoms with van der Waals surface area (Å²) < 4.78 is 36.3. The van der Waals surface area contributed by atoms with Crippen LogP contribution in [0.1, 0.15) is 20.8 Å². The van der Waals surface area contributed by atoms with Gasteiger partial charge >= 0.3 is 5.97 Å². The highest BCUT2D eigenvalue weighted by atomic mass is 32.2. The van der Waals surface area contributed by atoms with Crippen LogP contribution in [-0.2, 0) is 24.3 Å². The molecule has 1 atom stereocenters. The zero-order chi connectivity index (χ0) is 18.3. The number of amides is 1. The highest BCUT2D eigenvalue weighted by molar-refractivity contribution is 7.89. The minimum Gasteiger partial charge on any atom is -0.497 e. The Hall–Kier alpha value is -2.13. The summed E-state index contributed by atoms with van der Waals surface area (Å²) in [7, 11) is -2.43. The number of hydrogen-bond acceptors (Lipinski definition) is 6. The SMILES string of the molecule is COc1ccc(S(=O)(=O)N[C@@H](C)C(=O)OCC(=O)NC(C)C)cc1. The van der Waals surface area contributed by atoms with E-state index in [-0.39, 0.29) is 10.9 Å². The van der Waals surface area contributed by atoms with E-state index in [0.29, 0.717) is 5.75 Å². The van der Waals surface area contributed by atoms with E-state index < -0.39 is 34.5 Å². The number of rotatable bonds is 8. The molecule has 1 rings (SSSR count). The van der Waals surface area contributed by atoms with Crippen LogP contribution in [0.2, 0.25) is 0 Å². The molecule has 0 spiro atoms. The Morgan fingerprint density at radius 3 is 2.21 bits per heavy atom.